The van der Waals surface area contributed by atoms with Crippen LogP contribution in [0.4, 0.5) is 5.69 Å². The maximum Gasteiger partial charge on any atom is 0.265 e. The molecule has 1 heterocycles. The summed E-state index contributed by atoms with van der Waals surface area (Å²) in [5, 5.41) is 3.74. The van der Waals surface area contributed by atoms with E-state index in [9.17, 15) is 4.79 Å². The molecule has 0 aliphatic heterocycles. The summed E-state index contributed by atoms with van der Waals surface area (Å²) in [5.74, 6) is 1.12. The molecular formula is C22H24N2O3. The summed E-state index contributed by atoms with van der Waals surface area (Å²) < 4.78 is 11.3. The number of carbonyl (C=O) groups is 1. The predicted molar refractivity (Wildman–Crippen MR) is 108 cm³/mol. The molecule has 1 amide bonds. The number of nitrogens with zero attached hydrogens (tertiary/aromatic N) is 1. The maximum atomic E-state index is 12.6. The molecular weight excluding hydrogens is 340 g/mol. The Hall–Kier alpha value is -3.08. The zero-order chi connectivity index (χ0) is 19.6. The van der Waals surface area contributed by atoms with Crippen molar-refractivity contribution in [3.8, 4) is 11.5 Å². The third-order valence-electron chi connectivity index (χ3n) is 4.27. The van der Waals surface area contributed by atoms with Crippen molar-refractivity contribution in [2.75, 3.05) is 12.4 Å². The van der Waals surface area contributed by atoms with Gasteiger partial charge in [0.25, 0.3) is 5.91 Å². The number of hydrogen-bond donors (Lipinski definition) is 1. The molecule has 27 heavy (non-hydrogen) atoms. The molecule has 1 atom stereocenters. The lowest BCUT2D eigenvalue weighted by atomic mass is 10.1. The molecule has 0 saturated heterocycles. The molecule has 0 fully saturated rings. The van der Waals surface area contributed by atoms with E-state index in [1.807, 2.05) is 57.2 Å². The summed E-state index contributed by atoms with van der Waals surface area (Å²) in [6.45, 7) is 7.64. The van der Waals surface area contributed by atoms with E-state index in [4.69, 9.17) is 9.47 Å². The molecule has 0 bridgehead atoms. The van der Waals surface area contributed by atoms with E-state index in [0.717, 1.165) is 33.4 Å². The fourth-order valence-electron chi connectivity index (χ4n) is 3.06. The number of nitrogens with one attached hydrogen (secondary N) is 1. The lowest BCUT2D eigenvalue weighted by Gasteiger charge is -2.17. The van der Waals surface area contributed by atoms with E-state index in [1.165, 1.54) is 0 Å². The number of fused-ring (bicyclic) bond motifs is 1. The highest BCUT2D eigenvalue weighted by Crippen LogP contribution is 2.30. The SMILES string of the molecule is COc1ccc2nc(C)cc(OC(C)C(=O)Nc3cc(C)cc(C)c3)c2c1. The van der Waals surface area contributed by atoms with Gasteiger partial charge in [-0.15, -0.1) is 0 Å². The van der Waals surface area contributed by atoms with Crippen LogP contribution in [0.1, 0.15) is 23.7 Å². The second-order valence-electron chi connectivity index (χ2n) is 6.77. The van der Waals surface area contributed by atoms with Gasteiger partial charge in [-0.1, -0.05) is 6.07 Å². The van der Waals surface area contributed by atoms with Crippen molar-refractivity contribution in [2.24, 2.45) is 0 Å². The molecule has 1 unspecified atom stereocenters. The van der Waals surface area contributed by atoms with Crippen LogP contribution in [0.2, 0.25) is 0 Å². The van der Waals surface area contributed by atoms with Gasteiger partial charge in [-0.25, -0.2) is 0 Å². The number of methoxy groups -OCH3 is 1. The van der Waals surface area contributed by atoms with Crippen LogP contribution in [-0.2, 0) is 4.79 Å². The number of ether oxygens (including phenoxy) is 2. The van der Waals surface area contributed by atoms with Crippen LogP contribution in [0.15, 0.2) is 42.5 Å². The molecule has 0 spiro atoms. The Kier molecular flexibility index (Phi) is 5.31. The number of aromatic nitrogens is 1. The number of rotatable bonds is 5. The Bertz CT molecular complexity index is 978. The highest BCUT2D eigenvalue weighted by molar-refractivity contribution is 5.95. The Balaban J connectivity index is 1.84. The first-order chi connectivity index (χ1) is 12.9. The highest BCUT2D eigenvalue weighted by atomic mass is 16.5. The topological polar surface area (TPSA) is 60.5 Å². The second kappa shape index (κ2) is 7.66. The average molecular weight is 364 g/mol. The molecule has 3 rings (SSSR count). The van der Waals surface area contributed by atoms with E-state index >= 15 is 0 Å². The van der Waals surface area contributed by atoms with E-state index in [2.05, 4.69) is 16.4 Å². The summed E-state index contributed by atoms with van der Waals surface area (Å²) in [6.07, 6.45) is -0.665. The van der Waals surface area contributed by atoms with Gasteiger partial charge in [0.1, 0.15) is 11.5 Å². The van der Waals surface area contributed by atoms with E-state index < -0.39 is 6.10 Å². The monoisotopic (exact) mass is 364 g/mol. The minimum Gasteiger partial charge on any atom is -0.497 e. The standard InChI is InChI=1S/C22H24N2O3/c1-13-8-14(2)10-17(9-13)24-22(25)16(4)27-21-11-15(3)23-20-7-6-18(26-5)12-19(20)21/h6-12,16H,1-5H3,(H,24,25). The van der Waals surface area contributed by atoms with Crippen molar-refractivity contribution in [3.63, 3.8) is 0 Å². The Morgan fingerprint density at radius 3 is 2.41 bits per heavy atom. The van der Waals surface area contributed by atoms with Crippen molar-refractivity contribution >= 4 is 22.5 Å². The zero-order valence-electron chi connectivity index (χ0n) is 16.3. The normalized spacial score (nSPS) is 11.9. The molecule has 0 aliphatic rings. The van der Waals surface area contributed by atoms with E-state index in [0.29, 0.717) is 11.5 Å². The van der Waals surface area contributed by atoms with Gasteiger partial charge >= 0.3 is 0 Å². The van der Waals surface area contributed by atoms with Crippen LogP contribution in [0.3, 0.4) is 0 Å². The van der Waals surface area contributed by atoms with Gasteiger partial charge in [0, 0.05) is 22.8 Å². The highest BCUT2D eigenvalue weighted by Gasteiger charge is 2.17. The van der Waals surface area contributed by atoms with Crippen molar-refractivity contribution in [3.05, 3.63) is 59.3 Å². The van der Waals surface area contributed by atoms with Gasteiger partial charge in [-0.05, 0) is 69.2 Å². The molecule has 0 saturated carbocycles. The van der Waals surface area contributed by atoms with E-state index in [1.54, 1.807) is 14.0 Å². The van der Waals surface area contributed by atoms with Gasteiger partial charge < -0.3 is 14.8 Å². The molecule has 3 aromatic rings. The van der Waals surface area contributed by atoms with Crippen LogP contribution < -0.4 is 14.8 Å². The molecule has 5 heteroatoms. The molecule has 0 radical (unpaired) electrons. The molecule has 1 aromatic heterocycles. The third kappa shape index (κ3) is 4.37. The van der Waals surface area contributed by atoms with Gasteiger partial charge in [-0.3, -0.25) is 9.78 Å². The van der Waals surface area contributed by atoms with Crippen molar-refractivity contribution in [1.29, 1.82) is 0 Å². The van der Waals surface area contributed by atoms with Gasteiger partial charge in [0.2, 0.25) is 0 Å². The maximum absolute atomic E-state index is 12.6. The van der Waals surface area contributed by atoms with Gasteiger partial charge in [0.15, 0.2) is 6.10 Å². The largest absolute Gasteiger partial charge is 0.497 e. The second-order valence-corrected chi connectivity index (χ2v) is 6.77. The fourth-order valence-corrected chi connectivity index (χ4v) is 3.06. The number of amides is 1. The van der Waals surface area contributed by atoms with Crippen LogP contribution in [0.25, 0.3) is 10.9 Å². The first-order valence-corrected chi connectivity index (χ1v) is 8.87. The predicted octanol–water partition coefficient (Wildman–Crippen LogP) is 4.57. The zero-order valence-corrected chi connectivity index (χ0v) is 16.3. The summed E-state index contributed by atoms with van der Waals surface area (Å²) in [6, 6.07) is 13.4. The van der Waals surface area contributed by atoms with Gasteiger partial charge in [0.05, 0.1) is 12.6 Å². The Labute approximate surface area is 159 Å². The molecule has 5 nitrogen and oxygen atoms in total. The number of pyridine rings is 1. The Morgan fingerprint density at radius 1 is 1.04 bits per heavy atom. The van der Waals surface area contributed by atoms with Crippen LogP contribution >= 0.6 is 0 Å². The molecule has 2 aromatic carbocycles. The minimum atomic E-state index is -0.665. The first-order valence-electron chi connectivity index (χ1n) is 8.87. The summed E-state index contributed by atoms with van der Waals surface area (Å²) >= 11 is 0. The number of carbonyl (C=O) groups excluding carboxylic acids is 1. The van der Waals surface area contributed by atoms with E-state index in [-0.39, 0.29) is 5.91 Å². The first kappa shape index (κ1) is 18.7. The number of benzene rings is 2. The average Bonchev–Trinajstić information content (AvgIpc) is 2.60. The minimum absolute atomic E-state index is 0.203. The molecule has 1 N–H and O–H groups in total. The lowest BCUT2D eigenvalue weighted by Crippen LogP contribution is -2.30. The Morgan fingerprint density at radius 2 is 1.74 bits per heavy atom. The number of anilines is 1. The fraction of sp³-hybridized carbons (Fsp3) is 0.273. The van der Waals surface area contributed by atoms with Crippen LogP contribution in [-0.4, -0.2) is 24.1 Å². The smallest absolute Gasteiger partial charge is 0.265 e. The lowest BCUT2D eigenvalue weighted by molar-refractivity contribution is -0.122. The van der Waals surface area contributed by atoms with Crippen LogP contribution in [0.5, 0.6) is 11.5 Å². The van der Waals surface area contributed by atoms with Crippen molar-refractivity contribution in [1.82, 2.24) is 4.98 Å². The number of hydrogen-bond acceptors (Lipinski definition) is 4. The molecule has 0 aliphatic carbocycles. The third-order valence-corrected chi connectivity index (χ3v) is 4.27. The quantitative estimate of drug-likeness (QED) is 0.720. The summed E-state index contributed by atoms with van der Waals surface area (Å²) in [7, 11) is 1.61. The van der Waals surface area contributed by atoms with Gasteiger partial charge in [-0.2, -0.15) is 0 Å². The summed E-state index contributed by atoms with van der Waals surface area (Å²) in [5.41, 5.74) is 4.59. The number of aryl methyl sites for hydroxylation is 3. The van der Waals surface area contributed by atoms with Crippen molar-refractivity contribution in [2.45, 2.75) is 33.8 Å². The summed E-state index contributed by atoms with van der Waals surface area (Å²) in [4.78, 5) is 17.1. The van der Waals surface area contributed by atoms with Crippen LogP contribution in [0, 0.1) is 20.8 Å². The van der Waals surface area contributed by atoms with Crippen molar-refractivity contribution < 1.29 is 14.3 Å². The molecule has 140 valence electrons.